The maximum atomic E-state index is 11.8. The molecule has 1 N–H and O–H groups in total. The first-order chi connectivity index (χ1) is 10.6. The number of ether oxygens (including phenoxy) is 1. The first-order valence-corrected chi connectivity index (χ1v) is 8.11. The summed E-state index contributed by atoms with van der Waals surface area (Å²) in [4.78, 5) is 18.2. The van der Waals surface area contributed by atoms with E-state index in [1.807, 2.05) is 36.6 Å². The molecular formula is C16H18N2O3S. The second kappa shape index (κ2) is 5.96. The van der Waals surface area contributed by atoms with E-state index in [0.717, 1.165) is 10.7 Å². The van der Waals surface area contributed by atoms with Crippen LogP contribution in [0.3, 0.4) is 0 Å². The van der Waals surface area contributed by atoms with Gasteiger partial charge in [-0.25, -0.2) is 9.78 Å². The van der Waals surface area contributed by atoms with Crippen molar-refractivity contribution in [3.63, 3.8) is 0 Å². The van der Waals surface area contributed by atoms with Crippen LogP contribution in [0.4, 0.5) is 5.13 Å². The van der Waals surface area contributed by atoms with Gasteiger partial charge in [0.15, 0.2) is 5.13 Å². The SMILES string of the molecule is Cc1ccc(OC2(C(=O)O)CCN(c3nccs3)CC2)cc1. The number of anilines is 1. The third kappa shape index (κ3) is 2.92. The van der Waals surface area contributed by atoms with Crippen LogP contribution in [0, 0.1) is 6.92 Å². The van der Waals surface area contributed by atoms with Gasteiger partial charge < -0.3 is 14.7 Å². The van der Waals surface area contributed by atoms with Crippen molar-refractivity contribution >= 4 is 22.4 Å². The third-order valence-corrected chi connectivity index (χ3v) is 4.82. The van der Waals surface area contributed by atoms with E-state index in [4.69, 9.17) is 4.74 Å². The fraction of sp³-hybridized carbons (Fsp3) is 0.375. The molecule has 1 saturated heterocycles. The van der Waals surface area contributed by atoms with Crippen molar-refractivity contribution in [3.8, 4) is 5.75 Å². The van der Waals surface area contributed by atoms with Crippen LogP contribution in [0.25, 0.3) is 0 Å². The number of aliphatic carboxylic acids is 1. The van der Waals surface area contributed by atoms with Crippen molar-refractivity contribution in [2.45, 2.75) is 25.4 Å². The summed E-state index contributed by atoms with van der Waals surface area (Å²) in [5.74, 6) is -0.289. The number of carbonyl (C=O) groups is 1. The van der Waals surface area contributed by atoms with Crippen molar-refractivity contribution in [2.24, 2.45) is 0 Å². The fourth-order valence-corrected chi connectivity index (χ4v) is 3.32. The largest absolute Gasteiger partial charge is 0.478 e. The van der Waals surface area contributed by atoms with Gasteiger partial charge >= 0.3 is 5.97 Å². The van der Waals surface area contributed by atoms with Gasteiger partial charge in [-0.3, -0.25) is 0 Å². The van der Waals surface area contributed by atoms with E-state index < -0.39 is 11.6 Å². The number of nitrogens with zero attached hydrogens (tertiary/aromatic N) is 2. The molecule has 1 aromatic heterocycles. The number of benzene rings is 1. The van der Waals surface area contributed by atoms with Gasteiger partial charge in [0.25, 0.3) is 0 Å². The van der Waals surface area contributed by atoms with Crippen LogP contribution in [-0.2, 0) is 4.79 Å². The lowest BCUT2D eigenvalue weighted by Gasteiger charge is -2.38. The van der Waals surface area contributed by atoms with Gasteiger partial charge in [0.05, 0.1) is 0 Å². The fourth-order valence-electron chi connectivity index (χ4n) is 2.62. The highest BCUT2D eigenvalue weighted by atomic mass is 32.1. The summed E-state index contributed by atoms with van der Waals surface area (Å²) in [6.45, 7) is 3.25. The molecule has 5 nitrogen and oxygen atoms in total. The van der Waals surface area contributed by atoms with Crippen LogP contribution in [0.15, 0.2) is 35.8 Å². The number of aryl methyl sites for hydroxylation is 1. The molecule has 0 atom stereocenters. The average molecular weight is 318 g/mol. The summed E-state index contributed by atoms with van der Waals surface area (Å²) >= 11 is 1.57. The molecule has 2 heterocycles. The third-order valence-electron chi connectivity index (χ3n) is 3.98. The number of hydrogen-bond acceptors (Lipinski definition) is 5. The van der Waals surface area contributed by atoms with Gasteiger partial charge in [0.1, 0.15) is 5.75 Å². The molecular weight excluding hydrogens is 300 g/mol. The number of rotatable bonds is 4. The minimum absolute atomic E-state index is 0.440. The number of aromatic nitrogens is 1. The Hall–Kier alpha value is -2.08. The number of carboxylic acid groups (broad SMARTS) is 1. The molecule has 0 radical (unpaired) electrons. The number of carboxylic acids is 1. The van der Waals surface area contributed by atoms with E-state index >= 15 is 0 Å². The topological polar surface area (TPSA) is 62.7 Å². The lowest BCUT2D eigenvalue weighted by Crippen LogP contribution is -2.53. The molecule has 0 unspecified atom stereocenters. The Morgan fingerprint density at radius 2 is 2.00 bits per heavy atom. The Morgan fingerprint density at radius 1 is 1.32 bits per heavy atom. The van der Waals surface area contributed by atoms with Crippen molar-refractivity contribution < 1.29 is 14.6 Å². The van der Waals surface area contributed by atoms with Crippen LogP contribution in [-0.4, -0.2) is 34.8 Å². The van der Waals surface area contributed by atoms with Gasteiger partial charge in [-0.05, 0) is 19.1 Å². The molecule has 22 heavy (non-hydrogen) atoms. The number of thiazole rings is 1. The molecule has 0 aliphatic carbocycles. The second-order valence-electron chi connectivity index (χ2n) is 5.52. The summed E-state index contributed by atoms with van der Waals surface area (Å²) in [7, 11) is 0. The molecule has 1 aromatic carbocycles. The van der Waals surface area contributed by atoms with Crippen LogP contribution in [0.2, 0.25) is 0 Å². The van der Waals surface area contributed by atoms with E-state index in [1.165, 1.54) is 0 Å². The zero-order valence-corrected chi connectivity index (χ0v) is 13.2. The van der Waals surface area contributed by atoms with Gasteiger partial charge in [0, 0.05) is 37.5 Å². The minimum Gasteiger partial charge on any atom is -0.478 e. The Bertz CT molecular complexity index is 632. The molecule has 6 heteroatoms. The van der Waals surface area contributed by atoms with Crippen molar-refractivity contribution in [1.82, 2.24) is 4.98 Å². The minimum atomic E-state index is -1.15. The van der Waals surface area contributed by atoms with Gasteiger partial charge in [0.2, 0.25) is 5.60 Å². The molecule has 2 aromatic rings. The summed E-state index contributed by atoms with van der Waals surface area (Å²) in [6, 6.07) is 7.51. The average Bonchev–Trinajstić information content (AvgIpc) is 3.04. The van der Waals surface area contributed by atoms with Crippen molar-refractivity contribution in [1.29, 1.82) is 0 Å². The molecule has 0 spiro atoms. The lowest BCUT2D eigenvalue weighted by molar-refractivity contribution is -0.157. The second-order valence-corrected chi connectivity index (χ2v) is 6.39. The Labute approximate surface area is 133 Å². The monoisotopic (exact) mass is 318 g/mol. The van der Waals surface area contributed by atoms with Gasteiger partial charge in [-0.15, -0.1) is 11.3 Å². The summed E-state index contributed by atoms with van der Waals surface area (Å²) in [6.07, 6.45) is 2.65. The Morgan fingerprint density at radius 3 is 2.55 bits per heavy atom. The van der Waals surface area contributed by atoms with Gasteiger partial charge in [-0.1, -0.05) is 17.7 Å². The number of hydrogen-bond donors (Lipinski definition) is 1. The smallest absolute Gasteiger partial charge is 0.348 e. The Kier molecular flexibility index (Phi) is 4.02. The highest BCUT2D eigenvalue weighted by molar-refractivity contribution is 7.13. The van der Waals surface area contributed by atoms with Crippen LogP contribution >= 0.6 is 11.3 Å². The number of piperidine rings is 1. The van der Waals surface area contributed by atoms with E-state index in [9.17, 15) is 9.90 Å². The normalized spacial score (nSPS) is 17.2. The predicted octanol–water partition coefficient (Wildman–Crippen LogP) is 2.95. The summed E-state index contributed by atoms with van der Waals surface area (Å²) < 4.78 is 5.88. The van der Waals surface area contributed by atoms with Crippen molar-refractivity contribution in [2.75, 3.05) is 18.0 Å². The maximum Gasteiger partial charge on any atom is 0.348 e. The van der Waals surface area contributed by atoms with E-state index in [-0.39, 0.29) is 0 Å². The first-order valence-electron chi connectivity index (χ1n) is 7.23. The summed E-state index contributed by atoms with van der Waals surface area (Å²) in [5.41, 5.74) is -0.0291. The lowest BCUT2D eigenvalue weighted by atomic mass is 9.91. The maximum absolute atomic E-state index is 11.8. The van der Waals surface area contributed by atoms with Crippen molar-refractivity contribution in [3.05, 3.63) is 41.4 Å². The van der Waals surface area contributed by atoms with Crippen LogP contribution in [0.1, 0.15) is 18.4 Å². The van der Waals surface area contributed by atoms with E-state index in [1.54, 1.807) is 17.5 Å². The van der Waals surface area contributed by atoms with Gasteiger partial charge in [-0.2, -0.15) is 0 Å². The Balaban J connectivity index is 1.74. The predicted molar refractivity (Wildman–Crippen MR) is 85.7 cm³/mol. The molecule has 116 valence electrons. The molecule has 0 amide bonds. The molecule has 1 fully saturated rings. The van der Waals surface area contributed by atoms with Crippen LogP contribution < -0.4 is 9.64 Å². The molecule has 0 bridgehead atoms. The zero-order chi connectivity index (χ0) is 15.6. The molecule has 0 saturated carbocycles. The highest BCUT2D eigenvalue weighted by Gasteiger charge is 2.44. The molecule has 3 rings (SSSR count). The van der Waals surface area contributed by atoms with Crippen LogP contribution in [0.5, 0.6) is 5.75 Å². The molecule has 1 aliphatic heterocycles. The highest BCUT2D eigenvalue weighted by Crippen LogP contribution is 2.32. The standard InChI is InChI=1S/C16H18N2O3S/c1-12-2-4-13(5-3-12)21-16(14(19)20)6-9-18(10-7-16)15-17-8-11-22-15/h2-5,8,11H,6-7,9-10H2,1H3,(H,19,20). The molecule has 1 aliphatic rings. The van der Waals surface area contributed by atoms with E-state index in [0.29, 0.717) is 31.7 Å². The first kappa shape index (κ1) is 14.8. The summed E-state index contributed by atoms with van der Waals surface area (Å²) in [5, 5.41) is 12.5. The quantitative estimate of drug-likeness (QED) is 0.939. The zero-order valence-electron chi connectivity index (χ0n) is 12.4. The van der Waals surface area contributed by atoms with E-state index in [2.05, 4.69) is 9.88 Å².